The number of urea groups is 1. The van der Waals surface area contributed by atoms with E-state index in [4.69, 9.17) is 29.4 Å². The Morgan fingerprint density at radius 1 is 0.638 bits per heavy atom. The largest absolute Gasteiger partial charge is 0.461 e. The van der Waals surface area contributed by atoms with Gasteiger partial charge in [-0.2, -0.15) is 0 Å². The van der Waals surface area contributed by atoms with E-state index in [-0.39, 0.29) is 111 Å². The number of ketones is 2. The molecule has 0 aromatic heterocycles. The molecule has 17 nitrogen and oxygen atoms in total. The molecule has 1 aromatic rings. The van der Waals surface area contributed by atoms with Crippen molar-refractivity contribution in [3.8, 4) is 0 Å². The molecule has 0 aliphatic carbocycles. The summed E-state index contributed by atoms with van der Waals surface area (Å²) in [6.07, 6.45) is 0.979. The smallest absolute Gasteiger partial charge is 0.312 e. The molecule has 6 N–H and O–H groups in total. The quantitative estimate of drug-likeness (QED) is 0.0508. The van der Waals surface area contributed by atoms with Gasteiger partial charge < -0.3 is 50.7 Å². The Hall–Kier alpha value is -4.45. The van der Waals surface area contributed by atoms with Gasteiger partial charge in [0.25, 0.3) is 0 Å². The second kappa shape index (κ2) is 30.6. The van der Waals surface area contributed by atoms with E-state index < -0.39 is 18.0 Å². The third kappa shape index (κ3) is 25.0. The number of hydrogen-bond donors (Lipinski definition) is 5. The minimum absolute atomic E-state index is 0.0243. The van der Waals surface area contributed by atoms with Crippen molar-refractivity contribution in [2.24, 2.45) is 29.4 Å². The Kier molecular flexibility index (Phi) is 27.2. The predicted octanol–water partition coefficient (Wildman–Crippen LogP) is 3.07. The van der Waals surface area contributed by atoms with E-state index in [0.29, 0.717) is 58.3 Å². The average molecular weight is 822 g/mol. The van der Waals surface area contributed by atoms with Gasteiger partial charge in [-0.3, -0.25) is 28.8 Å². The van der Waals surface area contributed by atoms with Crippen LogP contribution in [0.2, 0.25) is 0 Å². The minimum atomic E-state index is -0.827. The van der Waals surface area contributed by atoms with E-state index >= 15 is 0 Å². The molecule has 0 saturated heterocycles. The highest BCUT2D eigenvalue weighted by Crippen LogP contribution is 2.20. The summed E-state index contributed by atoms with van der Waals surface area (Å²) in [5.41, 5.74) is 6.41. The lowest BCUT2D eigenvalue weighted by atomic mass is 9.89. The Morgan fingerprint density at radius 2 is 1.22 bits per heavy atom. The standard InChI is InChI=1S/C41H67N5O12/c1-28(2)34(47)13-14-36(49)43-17-19-55-21-23-57-25-24-56-22-20-54-18-15-37(50)46-38(29(3)4)35(48)26-32(8-7-16-44-41(42)53)39(51)45-33-11-9-31(10-12-33)27-58-40(52)30(5)6/h9-12,28-30,32,38H,7-8,13-27H2,1-6H3,(H,43,49)(H,45,51)(H,46,50)(H3,42,44,53)/t32-,38+/m1/s1. The number of benzene rings is 1. The Morgan fingerprint density at radius 3 is 1.78 bits per heavy atom. The lowest BCUT2D eigenvalue weighted by Crippen LogP contribution is -2.45. The monoisotopic (exact) mass is 821 g/mol. The summed E-state index contributed by atoms with van der Waals surface area (Å²) in [6.45, 7) is 13.9. The van der Waals surface area contributed by atoms with Crippen molar-refractivity contribution in [1.29, 1.82) is 0 Å². The average Bonchev–Trinajstić information content (AvgIpc) is 3.17. The van der Waals surface area contributed by atoms with Crippen molar-refractivity contribution in [2.45, 2.75) is 92.7 Å². The van der Waals surface area contributed by atoms with Gasteiger partial charge >= 0.3 is 12.0 Å². The van der Waals surface area contributed by atoms with Crippen LogP contribution in [0.4, 0.5) is 10.5 Å². The zero-order valence-electron chi connectivity index (χ0n) is 35.2. The number of esters is 1. The zero-order chi connectivity index (χ0) is 43.3. The first-order valence-corrected chi connectivity index (χ1v) is 20.1. The molecular formula is C41H67N5O12. The molecule has 0 spiro atoms. The number of nitrogens with one attached hydrogen (secondary N) is 4. The highest BCUT2D eigenvalue weighted by Gasteiger charge is 2.29. The number of anilines is 1. The summed E-state index contributed by atoms with van der Waals surface area (Å²) >= 11 is 0. The van der Waals surface area contributed by atoms with Crippen LogP contribution in [0.15, 0.2) is 24.3 Å². The number of carbonyl (C=O) groups is 7. The Bertz CT molecular complexity index is 1400. The Labute approximate surface area is 342 Å². The normalized spacial score (nSPS) is 12.2. The summed E-state index contributed by atoms with van der Waals surface area (Å²) in [5.74, 6) is -2.79. The first-order chi connectivity index (χ1) is 27.6. The molecule has 0 fully saturated rings. The van der Waals surface area contributed by atoms with E-state index in [1.54, 1.807) is 38.1 Å². The van der Waals surface area contributed by atoms with Crippen LogP contribution >= 0.6 is 0 Å². The first kappa shape index (κ1) is 51.6. The molecule has 1 rings (SSSR count). The number of carbonyl (C=O) groups excluding carboxylic acids is 7. The van der Waals surface area contributed by atoms with Crippen LogP contribution in [0.5, 0.6) is 0 Å². The maximum Gasteiger partial charge on any atom is 0.312 e. The Balaban J connectivity index is 2.39. The highest BCUT2D eigenvalue weighted by molar-refractivity contribution is 5.97. The van der Waals surface area contributed by atoms with Gasteiger partial charge in [0.05, 0.1) is 64.8 Å². The molecule has 5 amide bonds. The van der Waals surface area contributed by atoms with Crippen molar-refractivity contribution in [2.75, 3.05) is 71.3 Å². The summed E-state index contributed by atoms with van der Waals surface area (Å²) in [4.78, 5) is 85.9. The number of hydrogen-bond acceptors (Lipinski definition) is 12. The summed E-state index contributed by atoms with van der Waals surface area (Å²) < 4.78 is 27.1. The van der Waals surface area contributed by atoms with Crippen molar-refractivity contribution < 1.29 is 57.2 Å². The predicted molar refractivity (Wildman–Crippen MR) is 216 cm³/mol. The minimum Gasteiger partial charge on any atom is -0.461 e. The lowest BCUT2D eigenvalue weighted by molar-refractivity contribution is -0.148. The van der Waals surface area contributed by atoms with Crippen molar-refractivity contribution in [3.05, 3.63) is 29.8 Å². The van der Waals surface area contributed by atoms with Crippen LogP contribution < -0.4 is 27.0 Å². The van der Waals surface area contributed by atoms with Gasteiger partial charge in [0, 0.05) is 56.3 Å². The third-order valence-electron chi connectivity index (χ3n) is 8.65. The molecule has 0 saturated carbocycles. The van der Waals surface area contributed by atoms with E-state index in [9.17, 15) is 33.6 Å². The summed E-state index contributed by atoms with van der Waals surface area (Å²) in [5, 5.41) is 10.8. The van der Waals surface area contributed by atoms with E-state index in [2.05, 4.69) is 21.3 Å². The topological polar surface area (TPSA) is 240 Å². The highest BCUT2D eigenvalue weighted by atomic mass is 16.6. The van der Waals surface area contributed by atoms with Crippen molar-refractivity contribution in [1.82, 2.24) is 16.0 Å². The van der Waals surface area contributed by atoms with Crippen molar-refractivity contribution >= 4 is 47.0 Å². The van der Waals surface area contributed by atoms with Gasteiger partial charge in [0.1, 0.15) is 12.4 Å². The van der Waals surface area contributed by atoms with Gasteiger partial charge in [-0.25, -0.2) is 4.79 Å². The van der Waals surface area contributed by atoms with Gasteiger partial charge in [-0.05, 0) is 36.5 Å². The number of ether oxygens (including phenoxy) is 5. The molecule has 0 radical (unpaired) electrons. The van der Waals surface area contributed by atoms with Crippen LogP contribution in [-0.4, -0.2) is 113 Å². The second-order valence-electron chi connectivity index (χ2n) is 14.7. The molecular weight excluding hydrogens is 754 g/mol. The molecule has 0 heterocycles. The summed E-state index contributed by atoms with van der Waals surface area (Å²) in [6, 6.07) is 5.30. The summed E-state index contributed by atoms with van der Waals surface area (Å²) in [7, 11) is 0. The van der Waals surface area contributed by atoms with Gasteiger partial charge in [-0.1, -0.05) is 53.7 Å². The maximum absolute atomic E-state index is 13.5. The number of nitrogens with two attached hydrogens (primary N) is 1. The SMILES string of the molecule is CC(C)C(=O)CCC(=O)NCCOCCOCCOCCOCCC(=O)N[C@H](C(=O)C[C@@H](CCCNC(N)=O)C(=O)Nc1ccc(COC(=O)C(C)C)cc1)C(C)C. The molecule has 0 aliphatic heterocycles. The van der Waals surface area contributed by atoms with Crippen LogP contribution in [-0.2, 0) is 59.1 Å². The lowest BCUT2D eigenvalue weighted by Gasteiger charge is -2.24. The fourth-order valence-corrected chi connectivity index (χ4v) is 5.17. The van der Waals surface area contributed by atoms with Gasteiger partial charge in [0.2, 0.25) is 17.7 Å². The number of amides is 5. The fourth-order valence-electron chi connectivity index (χ4n) is 5.17. The molecule has 328 valence electrons. The molecule has 0 bridgehead atoms. The molecule has 17 heteroatoms. The number of primary amides is 1. The molecule has 1 aromatic carbocycles. The first-order valence-electron chi connectivity index (χ1n) is 20.1. The number of rotatable bonds is 33. The van der Waals surface area contributed by atoms with E-state index in [1.165, 1.54) is 0 Å². The van der Waals surface area contributed by atoms with Crippen LogP contribution in [0.25, 0.3) is 0 Å². The third-order valence-corrected chi connectivity index (χ3v) is 8.65. The van der Waals surface area contributed by atoms with E-state index in [1.807, 2.05) is 27.7 Å². The maximum atomic E-state index is 13.5. The van der Waals surface area contributed by atoms with Crippen LogP contribution in [0, 0.1) is 23.7 Å². The zero-order valence-corrected chi connectivity index (χ0v) is 35.2. The number of Topliss-reactive ketones (excluding diaryl/α,β-unsaturated/α-hetero) is 2. The van der Waals surface area contributed by atoms with Gasteiger partial charge in [0.15, 0.2) is 5.78 Å². The van der Waals surface area contributed by atoms with E-state index in [0.717, 1.165) is 5.56 Å². The molecule has 2 atom stereocenters. The van der Waals surface area contributed by atoms with Crippen LogP contribution in [0.1, 0.15) is 85.6 Å². The fraction of sp³-hybridized carbons (Fsp3) is 0.683. The van der Waals surface area contributed by atoms with Gasteiger partial charge in [-0.15, -0.1) is 0 Å². The van der Waals surface area contributed by atoms with Crippen molar-refractivity contribution in [3.63, 3.8) is 0 Å². The van der Waals surface area contributed by atoms with Crippen LogP contribution in [0.3, 0.4) is 0 Å². The molecule has 0 unspecified atom stereocenters. The molecule has 58 heavy (non-hydrogen) atoms. The second-order valence-corrected chi connectivity index (χ2v) is 14.7. The molecule has 0 aliphatic rings.